The number of nitrogens with one attached hydrogen (secondary N) is 2. The smallest absolute Gasteiger partial charge is 0.0992 e. The highest BCUT2D eigenvalue weighted by molar-refractivity contribution is 6.33. The second-order valence-corrected chi connectivity index (χ2v) is 4.75. The van der Waals surface area contributed by atoms with Crippen LogP contribution in [0.3, 0.4) is 0 Å². The molecule has 0 amide bonds. The van der Waals surface area contributed by atoms with Gasteiger partial charge in [-0.2, -0.15) is 5.26 Å². The van der Waals surface area contributed by atoms with Crippen LogP contribution in [0.5, 0.6) is 0 Å². The highest BCUT2D eigenvalue weighted by atomic mass is 35.5. The van der Waals surface area contributed by atoms with E-state index in [1.807, 2.05) is 6.07 Å². The molecule has 1 unspecified atom stereocenters. The Morgan fingerprint density at radius 2 is 2.29 bits per heavy atom. The lowest BCUT2D eigenvalue weighted by Gasteiger charge is -2.18. The Kier molecular flexibility index (Phi) is 4.24. The molecule has 1 aliphatic heterocycles. The van der Waals surface area contributed by atoms with Gasteiger partial charge in [-0.15, -0.1) is 0 Å². The molecule has 0 radical (unpaired) electrons. The summed E-state index contributed by atoms with van der Waals surface area (Å²) < 4.78 is 0. The van der Waals surface area contributed by atoms with E-state index >= 15 is 0 Å². The molecular formula is C13H16ClN3. The standard InChI is InChI=1S/C13H16ClN3/c14-12-7-10(8-15)4-5-13(12)17-11-3-1-2-6-16-9-11/h4-5,7,11,16-17H,1-3,6,9H2. The first-order valence-corrected chi connectivity index (χ1v) is 6.34. The van der Waals surface area contributed by atoms with E-state index in [1.54, 1.807) is 12.1 Å². The van der Waals surface area contributed by atoms with Crippen molar-refractivity contribution in [2.45, 2.75) is 25.3 Å². The van der Waals surface area contributed by atoms with Gasteiger partial charge in [-0.25, -0.2) is 0 Å². The molecule has 0 aromatic heterocycles. The van der Waals surface area contributed by atoms with Crippen LogP contribution in [0.2, 0.25) is 5.02 Å². The minimum atomic E-state index is 0.419. The zero-order valence-corrected chi connectivity index (χ0v) is 10.4. The number of nitrogens with zero attached hydrogens (tertiary/aromatic N) is 1. The molecule has 0 spiro atoms. The second-order valence-electron chi connectivity index (χ2n) is 4.35. The molecule has 0 aliphatic carbocycles. The third-order valence-corrected chi connectivity index (χ3v) is 3.32. The van der Waals surface area contributed by atoms with E-state index in [4.69, 9.17) is 16.9 Å². The Balaban J connectivity index is 2.05. The van der Waals surface area contributed by atoms with Gasteiger partial charge in [0, 0.05) is 12.6 Å². The van der Waals surface area contributed by atoms with Crippen LogP contribution in [-0.2, 0) is 0 Å². The first-order valence-electron chi connectivity index (χ1n) is 5.96. The van der Waals surface area contributed by atoms with Crippen LogP contribution in [0.15, 0.2) is 18.2 Å². The normalized spacial score (nSPS) is 20.4. The molecule has 1 aliphatic rings. The quantitative estimate of drug-likeness (QED) is 0.847. The van der Waals surface area contributed by atoms with Gasteiger partial charge in [-0.3, -0.25) is 0 Å². The molecule has 1 aromatic carbocycles. The van der Waals surface area contributed by atoms with Crippen LogP contribution in [-0.4, -0.2) is 19.1 Å². The zero-order chi connectivity index (χ0) is 12.1. The van der Waals surface area contributed by atoms with E-state index in [2.05, 4.69) is 16.7 Å². The van der Waals surface area contributed by atoms with Crippen molar-refractivity contribution in [2.75, 3.05) is 18.4 Å². The highest BCUT2D eigenvalue weighted by Crippen LogP contribution is 2.24. The maximum absolute atomic E-state index is 8.77. The molecule has 1 saturated heterocycles. The summed E-state index contributed by atoms with van der Waals surface area (Å²) in [6.45, 7) is 2.07. The summed E-state index contributed by atoms with van der Waals surface area (Å²) in [5, 5.41) is 16.2. The Morgan fingerprint density at radius 3 is 3.06 bits per heavy atom. The van der Waals surface area contributed by atoms with E-state index < -0.39 is 0 Å². The van der Waals surface area contributed by atoms with Crippen LogP contribution in [0.4, 0.5) is 5.69 Å². The Labute approximate surface area is 107 Å². The minimum absolute atomic E-state index is 0.419. The van der Waals surface area contributed by atoms with Crippen LogP contribution in [0.25, 0.3) is 0 Å². The van der Waals surface area contributed by atoms with Crippen molar-refractivity contribution >= 4 is 17.3 Å². The molecule has 90 valence electrons. The van der Waals surface area contributed by atoms with Gasteiger partial charge in [-0.1, -0.05) is 18.0 Å². The molecule has 1 heterocycles. The van der Waals surface area contributed by atoms with E-state index in [9.17, 15) is 0 Å². The van der Waals surface area contributed by atoms with Crippen LogP contribution in [0.1, 0.15) is 24.8 Å². The molecule has 1 atom stereocenters. The molecular weight excluding hydrogens is 234 g/mol. The van der Waals surface area contributed by atoms with Crippen molar-refractivity contribution in [3.63, 3.8) is 0 Å². The number of nitriles is 1. The van der Waals surface area contributed by atoms with Gasteiger partial charge < -0.3 is 10.6 Å². The van der Waals surface area contributed by atoms with Gasteiger partial charge in [-0.05, 0) is 37.6 Å². The third kappa shape index (κ3) is 3.36. The number of anilines is 1. The van der Waals surface area contributed by atoms with Crippen molar-refractivity contribution in [1.82, 2.24) is 5.32 Å². The lowest BCUT2D eigenvalue weighted by Crippen LogP contribution is -2.30. The largest absolute Gasteiger partial charge is 0.380 e. The molecule has 17 heavy (non-hydrogen) atoms. The first kappa shape index (κ1) is 12.2. The SMILES string of the molecule is N#Cc1ccc(NC2CCCCNC2)c(Cl)c1. The predicted molar refractivity (Wildman–Crippen MR) is 70.3 cm³/mol. The van der Waals surface area contributed by atoms with Gasteiger partial charge >= 0.3 is 0 Å². The molecule has 0 saturated carbocycles. The lowest BCUT2D eigenvalue weighted by atomic mass is 10.1. The van der Waals surface area contributed by atoms with E-state index in [-0.39, 0.29) is 0 Å². The maximum Gasteiger partial charge on any atom is 0.0992 e. The fourth-order valence-electron chi connectivity index (χ4n) is 2.06. The van der Waals surface area contributed by atoms with Gasteiger partial charge in [0.1, 0.15) is 0 Å². The zero-order valence-electron chi connectivity index (χ0n) is 9.67. The summed E-state index contributed by atoms with van der Waals surface area (Å²) in [6.07, 6.45) is 3.63. The number of hydrogen-bond acceptors (Lipinski definition) is 3. The van der Waals surface area contributed by atoms with Gasteiger partial charge in [0.05, 0.1) is 22.3 Å². The van der Waals surface area contributed by atoms with Gasteiger partial charge in [0.15, 0.2) is 0 Å². The van der Waals surface area contributed by atoms with Crippen molar-refractivity contribution in [3.05, 3.63) is 28.8 Å². The summed E-state index contributed by atoms with van der Waals surface area (Å²) in [7, 11) is 0. The van der Waals surface area contributed by atoms with E-state index in [0.29, 0.717) is 16.6 Å². The fraction of sp³-hybridized carbons (Fsp3) is 0.462. The monoisotopic (exact) mass is 249 g/mol. The Morgan fingerprint density at radius 1 is 1.41 bits per heavy atom. The van der Waals surface area contributed by atoms with Gasteiger partial charge in [0.25, 0.3) is 0 Å². The summed E-state index contributed by atoms with van der Waals surface area (Å²) in [4.78, 5) is 0. The van der Waals surface area contributed by atoms with Crippen molar-refractivity contribution in [2.24, 2.45) is 0 Å². The molecule has 1 aromatic rings. The molecule has 3 nitrogen and oxygen atoms in total. The maximum atomic E-state index is 8.77. The summed E-state index contributed by atoms with van der Waals surface area (Å²) in [5.41, 5.74) is 1.51. The van der Waals surface area contributed by atoms with Crippen molar-refractivity contribution in [1.29, 1.82) is 5.26 Å². The van der Waals surface area contributed by atoms with Crippen LogP contribution >= 0.6 is 11.6 Å². The topological polar surface area (TPSA) is 47.9 Å². The molecule has 2 rings (SSSR count). The molecule has 0 bridgehead atoms. The third-order valence-electron chi connectivity index (χ3n) is 3.00. The molecule has 2 N–H and O–H groups in total. The second kappa shape index (κ2) is 5.90. The molecule has 4 heteroatoms. The van der Waals surface area contributed by atoms with E-state index in [0.717, 1.165) is 25.2 Å². The fourth-order valence-corrected chi connectivity index (χ4v) is 2.30. The number of halogens is 1. The van der Waals surface area contributed by atoms with Gasteiger partial charge in [0.2, 0.25) is 0 Å². The number of hydrogen-bond donors (Lipinski definition) is 2. The Hall–Kier alpha value is -1.24. The highest BCUT2D eigenvalue weighted by Gasteiger charge is 2.12. The summed E-state index contributed by atoms with van der Waals surface area (Å²) >= 11 is 6.13. The van der Waals surface area contributed by atoms with Crippen molar-refractivity contribution < 1.29 is 0 Å². The summed E-state index contributed by atoms with van der Waals surface area (Å²) in [5.74, 6) is 0. The van der Waals surface area contributed by atoms with E-state index in [1.165, 1.54) is 12.8 Å². The van der Waals surface area contributed by atoms with Crippen LogP contribution < -0.4 is 10.6 Å². The minimum Gasteiger partial charge on any atom is -0.380 e. The number of benzene rings is 1. The average Bonchev–Trinajstić information content (AvgIpc) is 2.60. The number of rotatable bonds is 2. The Bertz CT molecular complexity index is 417. The average molecular weight is 250 g/mol. The van der Waals surface area contributed by atoms with Crippen LogP contribution in [0, 0.1) is 11.3 Å². The molecule has 1 fully saturated rings. The lowest BCUT2D eigenvalue weighted by molar-refractivity contribution is 0.636. The van der Waals surface area contributed by atoms with Crippen molar-refractivity contribution in [3.8, 4) is 6.07 Å². The summed E-state index contributed by atoms with van der Waals surface area (Å²) in [6, 6.07) is 7.88. The first-order chi connectivity index (χ1) is 8.29. The predicted octanol–water partition coefficient (Wildman–Crippen LogP) is 2.77.